The molecule has 0 radical (unpaired) electrons. The summed E-state index contributed by atoms with van der Waals surface area (Å²) in [5.74, 6) is 0. The fourth-order valence-corrected chi connectivity index (χ4v) is 2.29. The van der Waals surface area contributed by atoms with Gasteiger partial charge in [0.15, 0.2) is 0 Å². The summed E-state index contributed by atoms with van der Waals surface area (Å²) in [6.07, 6.45) is 4.72. The predicted molar refractivity (Wildman–Crippen MR) is 73.0 cm³/mol. The quantitative estimate of drug-likeness (QED) is 0.791. The molecule has 1 aromatic heterocycles. The average Bonchev–Trinajstić information content (AvgIpc) is 2.70. The number of nitrogens with zero attached hydrogens (tertiary/aromatic N) is 2. The molecule has 1 heterocycles. The molecule has 0 amide bonds. The van der Waals surface area contributed by atoms with Gasteiger partial charge in [0.05, 0.1) is 5.69 Å². The van der Waals surface area contributed by atoms with Crippen LogP contribution in [0.2, 0.25) is 5.02 Å². The van der Waals surface area contributed by atoms with Crippen molar-refractivity contribution in [1.29, 1.82) is 0 Å². The van der Waals surface area contributed by atoms with E-state index in [2.05, 4.69) is 12.0 Å². The third kappa shape index (κ3) is 2.46. The molecule has 1 aromatic carbocycles. The predicted octanol–water partition coefficient (Wildman–Crippen LogP) is 3.51. The average molecular weight is 263 g/mol. The summed E-state index contributed by atoms with van der Waals surface area (Å²) in [7, 11) is 1.90. The number of rotatable bonds is 4. The zero-order chi connectivity index (χ0) is 13.1. The number of hydrogen-bond donors (Lipinski definition) is 0. The van der Waals surface area contributed by atoms with Gasteiger partial charge >= 0.3 is 0 Å². The van der Waals surface area contributed by atoms with Crippen molar-refractivity contribution in [2.75, 3.05) is 0 Å². The molecule has 94 valence electrons. The van der Waals surface area contributed by atoms with Gasteiger partial charge in [0.2, 0.25) is 0 Å². The van der Waals surface area contributed by atoms with E-state index in [0.29, 0.717) is 10.6 Å². The molecular formula is C14H15ClN2O. The van der Waals surface area contributed by atoms with Gasteiger partial charge in [-0.15, -0.1) is 0 Å². The first kappa shape index (κ1) is 12.8. The Morgan fingerprint density at radius 2 is 2.17 bits per heavy atom. The van der Waals surface area contributed by atoms with Crippen LogP contribution in [-0.2, 0) is 13.5 Å². The molecule has 0 saturated carbocycles. The second kappa shape index (κ2) is 5.36. The van der Waals surface area contributed by atoms with E-state index >= 15 is 0 Å². The van der Waals surface area contributed by atoms with Gasteiger partial charge in [0.1, 0.15) is 6.29 Å². The molecule has 0 spiro atoms. The van der Waals surface area contributed by atoms with Crippen molar-refractivity contribution >= 4 is 17.9 Å². The van der Waals surface area contributed by atoms with E-state index in [-0.39, 0.29) is 0 Å². The molecule has 0 atom stereocenters. The van der Waals surface area contributed by atoms with E-state index in [1.165, 1.54) is 0 Å². The highest BCUT2D eigenvalue weighted by Crippen LogP contribution is 2.31. The Balaban J connectivity index is 2.50. The zero-order valence-electron chi connectivity index (χ0n) is 10.5. The van der Waals surface area contributed by atoms with Gasteiger partial charge in [-0.3, -0.25) is 9.48 Å². The second-order valence-electron chi connectivity index (χ2n) is 4.27. The van der Waals surface area contributed by atoms with Crippen LogP contribution in [-0.4, -0.2) is 16.1 Å². The van der Waals surface area contributed by atoms with E-state index in [1.807, 2.05) is 19.3 Å². The van der Waals surface area contributed by atoms with E-state index in [4.69, 9.17) is 11.6 Å². The van der Waals surface area contributed by atoms with Crippen molar-refractivity contribution in [2.45, 2.75) is 19.8 Å². The maximum absolute atomic E-state index is 10.7. The fraction of sp³-hybridized carbons (Fsp3) is 0.286. The van der Waals surface area contributed by atoms with Crippen LogP contribution in [0, 0.1) is 0 Å². The van der Waals surface area contributed by atoms with Crippen LogP contribution in [0.4, 0.5) is 0 Å². The highest BCUT2D eigenvalue weighted by Gasteiger charge is 2.12. The zero-order valence-corrected chi connectivity index (χ0v) is 11.2. The smallest absolute Gasteiger partial charge is 0.150 e. The lowest BCUT2D eigenvalue weighted by atomic mass is 10.0. The minimum absolute atomic E-state index is 0.588. The van der Waals surface area contributed by atoms with E-state index in [0.717, 1.165) is 35.9 Å². The summed E-state index contributed by atoms with van der Waals surface area (Å²) in [5.41, 5.74) is 3.60. The molecule has 2 rings (SSSR count). The van der Waals surface area contributed by atoms with Gasteiger partial charge in [0, 0.05) is 35.0 Å². The largest absolute Gasteiger partial charge is 0.298 e. The van der Waals surface area contributed by atoms with Crippen molar-refractivity contribution in [3.8, 4) is 11.1 Å². The van der Waals surface area contributed by atoms with Crippen LogP contribution in [0.1, 0.15) is 29.4 Å². The Bertz CT molecular complexity index is 575. The second-order valence-corrected chi connectivity index (χ2v) is 4.68. The Labute approximate surface area is 111 Å². The number of carbonyl (C=O) groups is 1. The molecule has 0 aliphatic carbocycles. The monoisotopic (exact) mass is 262 g/mol. The highest BCUT2D eigenvalue weighted by molar-refractivity contribution is 6.33. The van der Waals surface area contributed by atoms with E-state index < -0.39 is 0 Å². The molecule has 0 fully saturated rings. The first-order valence-electron chi connectivity index (χ1n) is 5.93. The van der Waals surface area contributed by atoms with Crippen LogP contribution in [0.3, 0.4) is 0 Å². The molecular weight excluding hydrogens is 248 g/mol. The molecule has 2 aromatic rings. The lowest BCUT2D eigenvalue weighted by Gasteiger charge is -2.04. The number of benzene rings is 1. The molecule has 0 bridgehead atoms. The molecule has 0 aliphatic heterocycles. The molecule has 0 saturated heterocycles. The third-order valence-corrected chi connectivity index (χ3v) is 3.12. The summed E-state index contributed by atoms with van der Waals surface area (Å²) in [5, 5.41) is 5.04. The van der Waals surface area contributed by atoms with Crippen LogP contribution in [0.15, 0.2) is 24.4 Å². The summed E-state index contributed by atoms with van der Waals surface area (Å²) >= 11 is 6.23. The summed E-state index contributed by atoms with van der Waals surface area (Å²) < 4.78 is 1.80. The van der Waals surface area contributed by atoms with Crippen LogP contribution in [0.25, 0.3) is 11.1 Å². The summed E-state index contributed by atoms with van der Waals surface area (Å²) in [6, 6.07) is 5.34. The van der Waals surface area contributed by atoms with E-state index in [9.17, 15) is 4.79 Å². The molecule has 0 unspecified atom stereocenters. The molecule has 0 aliphatic rings. The SMILES string of the molecule is CCCc1nn(C)cc1-c1ccc(C=O)cc1Cl. The van der Waals surface area contributed by atoms with Gasteiger partial charge in [-0.05, 0) is 12.5 Å². The number of carbonyl (C=O) groups excluding carboxylic acids is 1. The number of aromatic nitrogens is 2. The maximum Gasteiger partial charge on any atom is 0.150 e. The Morgan fingerprint density at radius 3 is 2.78 bits per heavy atom. The van der Waals surface area contributed by atoms with Crippen molar-refractivity contribution in [3.05, 3.63) is 40.7 Å². The van der Waals surface area contributed by atoms with Gasteiger partial charge in [-0.2, -0.15) is 5.10 Å². The summed E-state index contributed by atoms with van der Waals surface area (Å²) in [6.45, 7) is 2.12. The molecule has 0 N–H and O–H groups in total. The van der Waals surface area contributed by atoms with Gasteiger partial charge in [-0.25, -0.2) is 0 Å². The Kier molecular flexibility index (Phi) is 3.82. The summed E-state index contributed by atoms with van der Waals surface area (Å²) in [4.78, 5) is 10.7. The minimum Gasteiger partial charge on any atom is -0.298 e. The molecule has 3 nitrogen and oxygen atoms in total. The van der Waals surface area contributed by atoms with Crippen LogP contribution < -0.4 is 0 Å². The highest BCUT2D eigenvalue weighted by atomic mass is 35.5. The number of aryl methyl sites for hydroxylation is 2. The topological polar surface area (TPSA) is 34.9 Å². The van der Waals surface area contributed by atoms with Gasteiger partial charge in [0.25, 0.3) is 0 Å². The Hall–Kier alpha value is -1.61. The molecule has 18 heavy (non-hydrogen) atoms. The van der Waals surface area contributed by atoms with Crippen molar-refractivity contribution < 1.29 is 4.79 Å². The number of aldehydes is 1. The van der Waals surface area contributed by atoms with Gasteiger partial charge in [-0.1, -0.05) is 37.1 Å². The van der Waals surface area contributed by atoms with Crippen LogP contribution >= 0.6 is 11.6 Å². The maximum atomic E-state index is 10.7. The lowest BCUT2D eigenvalue weighted by Crippen LogP contribution is -1.91. The van der Waals surface area contributed by atoms with Crippen molar-refractivity contribution in [3.63, 3.8) is 0 Å². The van der Waals surface area contributed by atoms with Crippen molar-refractivity contribution in [1.82, 2.24) is 9.78 Å². The first-order valence-corrected chi connectivity index (χ1v) is 6.31. The number of hydrogen-bond acceptors (Lipinski definition) is 2. The Morgan fingerprint density at radius 1 is 1.39 bits per heavy atom. The first-order chi connectivity index (χ1) is 8.65. The lowest BCUT2D eigenvalue weighted by molar-refractivity contribution is 0.112. The minimum atomic E-state index is 0.588. The molecule has 4 heteroatoms. The van der Waals surface area contributed by atoms with Crippen molar-refractivity contribution in [2.24, 2.45) is 7.05 Å². The third-order valence-electron chi connectivity index (χ3n) is 2.81. The normalized spacial score (nSPS) is 10.6. The van der Waals surface area contributed by atoms with Crippen LogP contribution in [0.5, 0.6) is 0 Å². The standard InChI is InChI=1S/C14H15ClN2O/c1-3-4-14-12(8-17(2)16-14)11-6-5-10(9-18)7-13(11)15/h5-9H,3-4H2,1-2H3. The fourth-order valence-electron chi connectivity index (χ4n) is 2.00. The van der Waals surface area contributed by atoms with E-state index in [1.54, 1.807) is 16.8 Å². The number of halogens is 1. The van der Waals surface area contributed by atoms with Gasteiger partial charge < -0.3 is 0 Å².